The predicted molar refractivity (Wildman–Crippen MR) is 92.0 cm³/mol. The molecule has 2 fully saturated rings. The lowest BCUT2D eigenvalue weighted by molar-refractivity contribution is -0.143. The third kappa shape index (κ3) is 2.55. The Bertz CT molecular complexity index is 760. The van der Waals surface area contributed by atoms with Crippen molar-refractivity contribution in [1.29, 1.82) is 0 Å². The molecule has 3 aliphatic heterocycles. The average Bonchev–Trinajstić information content (AvgIpc) is 3.34. The molecule has 8 nitrogen and oxygen atoms in total. The molecule has 1 N–H and O–H groups in total. The number of carbonyl (C=O) groups is 2. The number of aromatic nitrogens is 2. The van der Waals surface area contributed by atoms with Crippen LogP contribution in [0.1, 0.15) is 11.5 Å². The maximum Gasteiger partial charge on any atom is 0.230 e. The fraction of sp³-hybridized carbons (Fsp3) is 0.611. The molecule has 8 heteroatoms. The van der Waals surface area contributed by atoms with Gasteiger partial charge in [0.15, 0.2) is 0 Å². The number of methoxy groups -OCH3 is 1. The van der Waals surface area contributed by atoms with Crippen LogP contribution in [0.5, 0.6) is 0 Å². The fourth-order valence-electron chi connectivity index (χ4n) is 4.36. The number of nitrogens with zero attached hydrogens (tertiary/aromatic N) is 3. The molecule has 2 amide bonds. The van der Waals surface area contributed by atoms with Gasteiger partial charge in [-0.2, -0.15) is 0 Å². The Hall–Kier alpha value is -2.19. The number of fused-ring (bicyclic) bond motifs is 1. The summed E-state index contributed by atoms with van der Waals surface area (Å²) in [6, 6.07) is 0. The SMILES string of the molecule is COCCN1C[C@]23C=C[C@H](O2)[C@@H](C(=O)N(C)Cc2ncc(C)[nH]2)[C@H]3C1=O. The van der Waals surface area contributed by atoms with Gasteiger partial charge in [0.25, 0.3) is 0 Å². The quantitative estimate of drug-likeness (QED) is 0.728. The van der Waals surface area contributed by atoms with E-state index in [4.69, 9.17) is 9.47 Å². The summed E-state index contributed by atoms with van der Waals surface area (Å²) in [5.41, 5.74) is 0.281. The molecule has 3 aliphatic rings. The molecule has 1 aromatic heterocycles. The molecule has 0 unspecified atom stereocenters. The molecular weight excluding hydrogens is 336 g/mol. The van der Waals surface area contributed by atoms with Crippen molar-refractivity contribution in [2.24, 2.45) is 11.8 Å². The lowest BCUT2D eigenvalue weighted by Gasteiger charge is -2.27. The number of imidazole rings is 1. The van der Waals surface area contributed by atoms with Gasteiger partial charge in [0, 0.05) is 32.6 Å². The third-order valence-electron chi connectivity index (χ3n) is 5.55. The summed E-state index contributed by atoms with van der Waals surface area (Å²) in [4.78, 5) is 36.8. The second kappa shape index (κ2) is 6.21. The maximum atomic E-state index is 13.1. The van der Waals surface area contributed by atoms with E-state index in [2.05, 4.69) is 9.97 Å². The van der Waals surface area contributed by atoms with Crippen LogP contribution >= 0.6 is 0 Å². The first-order valence-corrected chi connectivity index (χ1v) is 8.85. The largest absolute Gasteiger partial charge is 0.383 e. The van der Waals surface area contributed by atoms with E-state index in [1.807, 2.05) is 19.1 Å². The van der Waals surface area contributed by atoms with Crippen molar-refractivity contribution in [3.63, 3.8) is 0 Å². The number of carbonyl (C=O) groups excluding carboxylic acids is 2. The number of rotatable bonds is 6. The van der Waals surface area contributed by atoms with Crippen LogP contribution < -0.4 is 0 Å². The minimum Gasteiger partial charge on any atom is -0.383 e. The Morgan fingerprint density at radius 2 is 2.38 bits per heavy atom. The van der Waals surface area contributed by atoms with Gasteiger partial charge in [0.1, 0.15) is 11.4 Å². The van der Waals surface area contributed by atoms with Crippen LogP contribution in [0.15, 0.2) is 18.3 Å². The van der Waals surface area contributed by atoms with Crippen molar-refractivity contribution < 1.29 is 19.1 Å². The van der Waals surface area contributed by atoms with E-state index in [9.17, 15) is 9.59 Å². The number of aromatic amines is 1. The first-order chi connectivity index (χ1) is 12.4. The van der Waals surface area contributed by atoms with E-state index in [0.717, 1.165) is 11.5 Å². The number of ether oxygens (including phenoxy) is 2. The van der Waals surface area contributed by atoms with Gasteiger partial charge in [-0.15, -0.1) is 0 Å². The van der Waals surface area contributed by atoms with Gasteiger partial charge in [0.05, 0.1) is 37.6 Å². The highest BCUT2D eigenvalue weighted by Crippen LogP contribution is 2.52. The van der Waals surface area contributed by atoms with Crippen LogP contribution in [-0.2, 0) is 25.6 Å². The molecule has 4 heterocycles. The molecule has 0 radical (unpaired) electrons. The molecule has 2 bridgehead atoms. The van der Waals surface area contributed by atoms with Crippen LogP contribution in [0.3, 0.4) is 0 Å². The Morgan fingerprint density at radius 3 is 3.08 bits per heavy atom. The standard InChI is InChI=1S/C18H24N4O4/c1-11-8-19-13(20-11)9-21(2)16(23)14-12-4-5-18(26-12)10-22(6-7-25-3)17(24)15(14)18/h4-5,8,12,14-15H,6-7,9-10H2,1-3H3,(H,19,20)/t12-,14+,15-,18-/m0/s1. The first-order valence-electron chi connectivity index (χ1n) is 8.85. The van der Waals surface area contributed by atoms with E-state index < -0.39 is 17.4 Å². The molecule has 26 heavy (non-hydrogen) atoms. The van der Waals surface area contributed by atoms with Crippen LogP contribution in [0.2, 0.25) is 0 Å². The van der Waals surface area contributed by atoms with Gasteiger partial charge < -0.3 is 24.3 Å². The Labute approximate surface area is 152 Å². The predicted octanol–water partition coefficient (Wildman–Crippen LogP) is 0.105. The highest BCUT2D eigenvalue weighted by molar-refractivity contribution is 5.92. The summed E-state index contributed by atoms with van der Waals surface area (Å²) in [6.07, 6.45) is 5.30. The van der Waals surface area contributed by atoms with Gasteiger partial charge in [-0.25, -0.2) is 4.98 Å². The Balaban J connectivity index is 1.52. The molecule has 0 aliphatic carbocycles. The highest BCUT2D eigenvalue weighted by Gasteiger charge is 2.66. The lowest BCUT2D eigenvalue weighted by atomic mass is 9.76. The Morgan fingerprint density at radius 1 is 1.58 bits per heavy atom. The summed E-state index contributed by atoms with van der Waals surface area (Å²) in [5.74, 6) is -0.312. The van der Waals surface area contributed by atoms with Crippen LogP contribution in [0.4, 0.5) is 0 Å². The molecule has 4 atom stereocenters. The smallest absolute Gasteiger partial charge is 0.230 e. The summed E-state index contributed by atoms with van der Waals surface area (Å²) in [6.45, 7) is 3.76. The normalized spacial score (nSPS) is 31.7. The topological polar surface area (TPSA) is 87.8 Å². The average molecular weight is 360 g/mol. The van der Waals surface area contributed by atoms with Gasteiger partial charge >= 0.3 is 0 Å². The fourth-order valence-corrected chi connectivity index (χ4v) is 4.36. The van der Waals surface area contributed by atoms with Crippen LogP contribution in [-0.4, -0.2) is 77.1 Å². The van der Waals surface area contributed by atoms with Crippen molar-refractivity contribution in [2.45, 2.75) is 25.2 Å². The lowest BCUT2D eigenvalue weighted by Crippen LogP contribution is -2.44. The Kier molecular flexibility index (Phi) is 4.11. The number of aryl methyl sites for hydroxylation is 1. The summed E-state index contributed by atoms with van der Waals surface area (Å²) in [7, 11) is 3.35. The van der Waals surface area contributed by atoms with E-state index in [1.165, 1.54) is 0 Å². The van der Waals surface area contributed by atoms with Gasteiger partial charge in [-0.05, 0) is 6.92 Å². The maximum absolute atomic E-state index is 13.1. The first kappa shape index (κ1) is 17.2. The number of amides is 2. The van der Waals surface area contributed by atoms with Crippen molar-refractivity contribution in [3.8, 4) is 0 Å². The van der Waals surface area contributed by atoms with Crippen molar-refractivity contribution in [2.75, 3.05) is 33.9 Å². The minimum absolute atomic E-state index is 0.0190. The third-order valence-corrected chi connectivity index (χ3v) is 5.55. The van der Waals surface area contributed by atoms with E-state index in [0.29, 0.717) is 26.2 Å². The summed E-state index contributed by atoms with van der Waals surface area (Å²) < 4.78 is 11.2. The number of nitrogens with one attached hydrogen (secondary N) is 1. The number of hydrogen-bond donors (Lipinski definition) is 1. The molecule has 2 saturated heterocycles. The number of likely N-dealkylation sites (tertiary alicyclic amines) is 1. The molecule has 0 saturated carbocycles. The number of H-pyrrole nitrogens is 1. The zero-order valence-corrected chi connectivity index (χ0v) is 15.3. The van der Waals surface area contributed by atoms with Crippen molar-refractivity contribution >= 4 is 11.8 Å². The van der Waals surface area contributed by atoms with Crippen molar-refractivity contribution in [3.05, 3.63) is 29.9 Å². The van der Waals surface area contributed by atoms with E-state index in [1.54, 1.807) is 30.2 Å². The summed E-state index contributed by atoms with van der Waals surface area (Å²) >= 11 is 0. The molecule has 1 spiro atoms. The van der Waals surface area contributed by atoms with E-state index >= 15 is 0 Å². The zero-order valence-electron chi connectivity index (χ0n) is 15.3. The van der Waals surface area contributed by atoms with E-state index in [-0.39, 0.29) is 17.9 Å². The van der Waals surface area contributed by atoms with Gasteiger partial charge in [0.2, 0.25) is 11.8 Å². The number of hydrogen-bond acceptors (Lipinski definition) is 5. The van der Waals surface area contributed by atoms with Gasteiger partial charge in [-0.3, -0.25) is 9.59 Å². The minimum atomic E-state index is -0.669. The second-order valence-corrected chi connectivity index (χ2v) is 7.36. The molecule has 0 aromatic carbocycles. The van der Waals surface area contributed by atoms with Crippen molar-refractivity contribution in [1.82, 2.24) is 19.8 Å². The summed E-state index contributed by atoms with van der Waals surface area (Å²) in [5, 5.41) is 0. The molecule has 1 aromatic rings. The molecule has 140 valence electrons. The molecule has 4 rings (SSSR count). The zero-order chi connectivity index (χ0) is 18.5. The van der Waals surface area contributed by atoms with Gasteiger partial charge in [-0.1, -0.05) is 12.2 Å². The highest BCUT2D eigenvalue weighted by atomic mass is 16.5. The van der Waals surface area contributed by atoms with Crippen LogP contribution in [0.25, 0.3) is 0 Å². The second-order valence-electron chi connectivity index (χ2n) is 7.36. The monoisotopic (exact) mass is 360 g/mol. The van der Waals surface area contributed by atoms with Crippen LogP contribution in [0, 0.1) is 18.8 Å². The molecular formula is C18H24N4O4.